The second-order valence-corrected chi connectivity index (χ2v) is 5.07. The number of benzene rings is 1. The van der Waals surface area contributed by atoms with Gasteiger partial charge in [0.15, 0.2) is 6.39 Å². The van der Waals surface area contributed by atoms with Gasteiger partial charge in [-0.25, -0.2) is 19.1 Å². The minimum absolute atomic E-state index is 0.307. The number of aromatic nitrogens is 4. The van der Waals surface area contributed by atoms with Gasteiger partial charge in [0.2, 0.25) is 0 Å². The van der Waals surface area contributed by atoms with Crippen LogP contribution in [0, 0.1) is 20.8 Å². The fraction of sp³-hybridized carbons (Fsp3) is 0.267. The van der Waals surface area contributed by atoms with Crippen LogP contribution >= 0.6 is 0 Å². The number of nitrogens with zero attached hydrogens (tertiary/aromatic N) is 4. The summed E-state index contributed by atoms with van der Waals surface area (Å²) in [5, 5.41) is 0. The van der Waals surface area contributed by atoms with Crippen LogP contribution in [0.4, 0.5) is 0 Å². The average Bonchev–Trinajstić information content (AvgIpc) is 3.01. The van der Waals surface area contributed by atoms with Crippen LogP contribution in [0.15, 0.2) is 40.1 Å². The normalized spacial score (nSPS) is 11.0. The Bertz CT molecular complexity index is 841. The van der Waals surface area contributed by atoms with Crippen LogP contribution in [0.3, 0.4) is 0 Å². The van der Waals surface area contributed by atoms with Gasteiger partial charge in [0.25, 0.3) is 0 Å². The summed E-state index contributed by atoms with van der Waals surface area (Å²) in [4.78, 5) is 20.0. The first-order valence-electron chi connectivity index (χ1n) is 6.67. The molecule has 0 saturated heterocycles. The summed E-state index contributed by atoms with van der Waals surface area (Å²) in [6.45, 7) is 6.18. The maximum absolute atomic E-state index is 12.0. The van der Waals surface area contributed by atoms with Gasteiger partial charge in [0.1, 0.15) is 17.8 Å². The third-order valence-electron chi connectivity index (χ3n) is 3.51. The topological polar surface area (TPSA) is 65.8 Å². The van der Waals surface area contributed by atoms with Crippen molar-refractivity contribution in [1.82, 2.24) is 19.3 Å². The predicted molar refractivity (Wildman–Crippen MR) is 77.6 cm³/mol. The van der Waals surface area contributed by atoms with E-state index < -0.39 is 0 Å². The van der Waals surface area contributed by atoms with E-state index >= 15 is 0 Å². The highest BCUT2D eigenvalue weighted by Crippen LogP contribution is 2.15. The third kappa shape index (κ3) is 2.40. The van der Waals surface area contributed by atoms with E-state index in [1.807, 2.05) is 39.0 Å². The first kappa shape index (κ1) is 13.4. The molecule has 21 heavy (non-hydrogen) atoms. The summed E-state index contributed by atoms with van der Waals surface area (Å²) in [5.41, 5.74) is 3.55. The van der Waals surface area contributed by atoms with Crippen molar-refractivity contribution in [2.75, 3.05) is 0 Å². The maximum Gasteiger partial charge on any atom is 0.364 e. The lowest BCUT2D eigenvalue weighted by molar-refractivity contribution is 0.517. The maximum atomic E-state index is 12.0. The first-order chi connectivity index (χ1) is 10.1. The molecule has 0 atom stereocenters. The lowest BCUT2D eigenvalue weighted by Crippen LogP contribution is -2.24. The molecule has 0 fully saturated rings. The molecule has 6 heteroatoms. The molecule has 0 amide bonds. The molecule has 0 spiro atoms. The molecule has 108 valence electrons. The lowest BCUT2D eigenvalue weighted by atomic mass is 10.1. The molecule has 0 saturated carbocycles. The van der Waals surface area contributed by atoms with Gasteiger partial charge in [-0.2, -0.15) is 4.98 Å². The zero-order valence-corrected chi connectivity index (χ0v) is 12.2. The monoisotopic (exact) mass is 284 g/mol. The van der Waals surface area contributed by atoms with Gasteiger partial charge < -0.3 is 4.42 Å². The van der Waals surface area contributed by atoms with Gasteiger partial charge in [0, 0.05) is 0 Å². The van der Waals surface area contributed by atoms with Crippen molar-refractivity contribution >= 4 is 0 Å². The van der Waals surface area contributed by atoms with Gasteiger partial charge in [-0.1, -0.05) is 12.1 Å². The molecule has 3 aromatic rings. The fourth-order valence-electron chi connectivity index (χ4n) is 2.25. The van der Waals surface area contributed by atoms with E-state index in [-0.39, 0.29) is 5.69 Å². The Morgan fingerprint density at radius 1 is 1.19 bits per heavy atom. The fourth-order valence-corrected chi connectivity index (χ4v) is 2.25. The number of rotatable bonds is 3. The Hall–Kier alpha value is -2.63. The average molecular weight is 284 g/mol. The van der Waals surface area contributed by atoms with E-state index in [1.54, 1.807) is 15.7 Å². The third-order valence-corrected chi connectivity index (χ3v) is 3.51. The van der Waals surface area contributed by atoms with Crippen molar-refractivity contribution in [3.05, 3.63) is 64.0 Å². The molecule has 2 heterocycles. The number of hydrogen-bond donors (Lipinski definition) is 0. The van der Waals surface area contributed by atoms with Crippen LogP contribution in [0.5, 0.6) is 0 Å². The van der Waals surface area contributed by atoms with E-state index in [0.717, 1.165) is 22.5 Å². The first-order valence-corrected chi connectivity index (χ1v) is 6.67. The van der Waals surface area contributed by atoms with Crippen LogP contribution in [0.1, 0.15) is 22.6 Å². The molecule has 0 bridgehead atoms. The van der Waals surface area contributed by atoms with Gasteiger partial charge in [-0.05, 0) is 38.0 Å². The number of hydrogen-bond acceptors (Lipinski definition) is 4. The molecule has 0 aliphatic heterocycles. The number of oxazole rings is 1. The minimum atomic E-state index is -0.307. The molecule has 0 aliphatic carbocycles. The summed E-state index contributed by atoms with van der Waals surface area (Å²) in [6, 6.07) is 6.10. The Kier molecular flexibility index (Phi) is 3.21. The molecule has 0 unspecified atom stereocenters. The Labute approximate surface area is 121 Å². The molecule has 2 aromatic heterocycles. The lowest BCUT2D eigenvalue weighted by Gasteiger charge is -2.12. The molecule has 6 nitrogen and oxygen atoms in total. The molecule has 1 aromatic carbocycles. The molecular weight excluding hydrogens is 268 g/mol. The Balaban J connectivity index is 2.11. The van der Waals surface area contributed by atoms with Gasteiger partial charge in [-0.15, -0.1) is 0 Å². The van der Waals surface area contributed by atoms with Gasteiger partial charge in [0.05, 0.1) is 12.2 Å². The van der Waals surface area contributed by atoms with Crippen molar-refractivity contribution < 1.29 is 4.42 Å². The van der Waals surface area contributed by atoms with Crippen molar-refractivity contribution in [3.8, 4) is 5.69 Å². The van der Waals surface area contributed by atoms with E-state index in [4.69, 9.17) is 4.42 Å². The quantitative estimate of drug-likeness (QED) is 0.737. The van der Waals surface area contributed by atoms with Crippen LogP contribution in [0.2, 0.25) is 0 Å². The SMILES string of the molecule is Cc1ccc(C)c(-n2cnc(=O)n2Cc2ncoc2C)c1. The van der Waals surface area contributed by atoms with Crippen molar-refractivity contribution in [3.63, 3.8) is 0 Å². The molecule has 0 N–H and O–H groups in total. The Morgan fingerprint density at radius 2 is 2.00 bits per heavy atom. The Morgan fingerprint density at radius 3 is 2.71 bits per heavy atom. The molecule has 0 radical (unpaired) electrons. The highest BCUT2D eigenvalue weighted by Gasteiger charge is 2.12. The van der Waals surface area contributed by atoms with Crippen LogP contribution in [0.25, 0.3) is 5.69 Å². The van der Waals surface area contributed by atoms with E-state index in [0.29, 0.717) is 12.3 Å². The van der Waals surface area contributed by atoms with Gasteiger partial charge >= 0.3 is 5.69 Å². The van der Waals surface area contributed by atoms with E-state index in [2.05, 4.69) is 9.97 Å². The van der Waals surface area contributed by atoms with Crippen LogP contribution in [-0.4, -0.2) is 19.3 Å². The molecular formula is C15H16N4O2. The largest absolute Gasteiger partial charge is 0.448 e. The van der Waals surface area contributed by atoms with Crippen molar-refractivity contribution in [2.45, 2.75) is 27.3 Å². The second-order valence-electron chi connectivity index (χ2n) is 5.07. The summed E-state index contributed by atoms with van der Waals surface area (Å²) >= 11 is 0. The highest BCUT2D eigenvalue weighted by atomic mass is 16.3. The number of aryl methyl sites for hydroxylation is 3. The van der Waals surface area contributed by atoms with Crippen LogP contribution in [-0.2, 0) is 6.54 Å². The minimum Gasteiger partial charge on any atom is -0.448 e. The second kappa shape index (κ2) is 5.05. The zero-order valence-electron chi connectivity index (χ0n) is 12.2. The predicted octanol–water partition coefficient (Wildman–Crippen LogP) is 2.00. The standard InChI is InChI=1S/C15H16N4O2/c1-10-4-5-11(2)14(6-10)19-8-16-15(20)18(19)7-13-12(3)21-9-17-13/h4-6,8-9H,7H2,1-3H3. The van der Waals surface area contributed by atoms with Crippen molar-refractivity contribution in [1.29, 1.82) is 0 Å². The van der Waals surface area contributed by atoms with E-state index in [9.17, 15) is 4.79 Å². The smallest absolute Gasteiger partial charge is 0.364 e. The van der Waals surface area contributed by atoms with Crippen LogP contribution < -0.4 is 5.69 Å². The summed E-state index contributed by atoms with van der Waals surface area (Å²) in [6.07, 6.45) is 2.92. The van der Waals surface area contributed by atoms with E-state index in [1.165, 1.54) is 6.39 Å². The van der Waals surface area contributed by atoms with Crippen molar-refractivity contribution in [2.24, 2.45) is 0 Å². The molecule has 3 rings (SSSR count). The summed E-state index contributed by atoms with van der Waals surface area (Å²) in [7, 11) is 0. The van der Waals surface area contributed by atoms with Gasteiger partial charge in [-0.3, -0.25) is 0 Å². The highest BCUT2D eigenvalue weighted by molar-refractivity contribution is 5.42. The zero-order chi connectivity index (χ0) is 15.0. The molecule has 0 aliphatic rings. The summed E-state index contributed by atoms with van der Waals surface area (Å²) in [5.74, 6) is 0.704. The summed E-state index contributed by atoms with van der Waals surface area (Å²) < 4.78 is 8.50.